The smallest absolute Gasteiger partial charge is 0.238 e. The van der Waals surface area contributed by atoms with Gasteiger partial charge in [0.1, 0.15) is 0 Å². The van der Waals surface area contributed by atoms with Crippen molar-refractivity contribution in [2.45, 2.75) is 11.2 Å². The molecule has 0 saturated heterocycles. The quantitative estimate of drug-likeness (QED) is 0.694. The molecule has 2 aromatic carbocycles. The van der Waals surface area contributed by atoms with Gasteiger partial charge in [-0.1, -0.05) is 55.6 Å². The maximum absolute atomic E-state index is 12.1. The fourth-order valence-corrected chi connectivity index (χ4v) is 2.55. The van der Waals surface area contributed by atoms with Crippen LogP contribution in [-0.4, -0.2) is 10.7 Å². The van der Waals surface area contributed by atoms with Crippen molar-refractivity contribution in [2.75, 3.05) is 5.32 Å². The molecule has 0 spiro atoms. The summed E-state index contributed by atoms with van der Waals surface area (Å²) < 4.78 is 1.03. The Kier molecular flexibility index (Phi) is 5.64. The first-order chi connectivity index (χ1) is 9.54. The number of benzene rings is 2. The molecule has 0 aliphatic rings. The zero-order valence-corrected chi connectivity index (χ0v) is 14.4. The van der Waals surface area contributed by atoms with Crippen LogP contribution in [0.3, 0.4) is 0 Å². The van der Waals surface area contributed by atoms with Crippen molar-refractivity contribution in [1.29, 1.82) is 0 Å². The summed E-state index contributed by atoms with van der Waals surface area (Å²) in [5.41, 5.74) is 1.83. The highest BCUT2D eigenvalue weighted by atomic mass is 79.9. The molecule has 0 fully saturated rings. The maximum Gasteiger partial charge on any atom is 0.238 e. The molecule has 1 atom stereocenters. The number of alkyl halides is 1. The number of carbonyl (C=O) groups is 1. The van der Waals surface area contributed by atoms with Gasteiger partial charge >= 0.3 is 0 Å². The number of hydrogen-bond acceptors (Lipinski definition) is 1. The molecule has 0 aliphatic heterocycles. The van der Waals surface area contributed by atoms with E-state index in [0.717, 1.165) is 15.7 Å². The lowest BCUT2D eigenvalue weighted by atomic mass is 10.1. The Bertz CT molecular complexity index is 584. The van der Waals surface area contributed by atoms with E-state index in [-0.39, 0.29) is 10.7 Å². The summed E-state index contributed by atoms with van der Waals surface area (Å²) in [5.74, 6) is -0.0739. The molecular formula is C15H12Br2ClNO. The molecular weight excluding hydrogens is 405 g/mol. The van der Waals surface area contributed by atoms with Crippen LogP contribution in [0.2, 0.25) is 5.02 Å². The Hall–Kier alpha value is -0.840. The first-order valence-corrected chi connectivity index (χ1v) is 8.08. The van der Waals surface area contributed by atoms with Gasteiger partial charge in [-0.05, 0) is 48.4 Å². The van der Waals surface area contributed by atoms with E-state index < -0.39 is 0 Å². The molecule has 0 radical (unpaired) electrons. The van der Waals surface area contributed by atoms with Crippen LogP contribution in [0.15, 0.2) is 53.0 Å². The topological polar surface area (TPSA) is 29.1 Å². The third-order valence-corrected chi connectivity index (χ3v) is 4.24. The summed E-state index contributed by atoms with van der Waals surface area (Å²) in [4.78, 5) is 11.8. The first-order valence-electron chi connectivity index (χ1n) is 5.99. The minimum Gasteiger partial charge on any atom is -0.325 e. The molecule has 1 N–H and O–H groups in total. The van der Waals surface area contributed by atoms with Gasteiger partial charge in [0.05, 0.1) is 4.83 Å². The summed E-state index contributed by atoms with van der Waals surface area (Å²) in [6, 6.07) is 15.0. The van der Waals surface area contributed by atoms with Crippen LogP contribution in [0.1, 0.15) is 5.56 Å². The average Bonchev–Trinajstić information content (AvgIpc) is 2.44. The third-order valence-electron chi connectivity index (χ3n) is 2.72. The summed E-state index contributed by atoms with van der Waals surface area (Å²) in [7, 11) is 0. The van der Waals surface area contributed by atoms with Crippen molar-refractivity contribution < 1.29 is 4.79 Å². The fourth-order valence-electron chi connectivity index (χ4n) is 1.67. The molecule has 2 nitrogen and oxygen atoms in total. The van der Waals surface area contributed by atoms with Gasteiger partial charge in [0, 0.05) is 15.2 Å². The van der Waals surface area contributed by atoms with E-state index in [2.05, 4.69) is 37.2 Å². The van der Waals surface area contributed by atoms with Crippen molar-refractivity contribution >= 4 is 55.1 Å². The number of amides is 1. The van der Waals surface area contributed by atoms with Crippen molar-refractivity contribution in [3.05, 3.63) is 63.6 Å². The molecule has 0 heterocycles. The normalized spacial score (nSPS) is 11.9. The van der Waals surface area contributed by atoms with E-state index in [1.807, 2.05) is 24.3 Å². The van der Waals surface area contributed by atoms with Gasteiger partial charge in [0.15, 0.2) is 0 Å². The molecule has 20 heavy (non-hydrogen) atoms. The van der Waals surface area contributed by atoms with Crippen molar-refractivity contribution in [3.8, 4) is 0 Å². The number of anilines is 1. The molecule has 2 rings (SSSR count). The molecule has 0 saturated carbocycles. The van der Waals surface area contributed by atoms with E-state index in [4.69, 9.17) is 11.6 Å². The van der Waals surface area contributed by atoms with Gasteiger partial charge in [-0.25, -0.2) is 0 Å². The summed E-state index contributed by atoms with van der Waals surface area (Å²) in [6.07, 6.45) is 0.632. The number of hydrogen-bond donors (Lipinski definition) is 1. The zero-order valence-electron chi connectivity index (χ0n) is 10.4. The monoisotopic (exact) mass is 415 g/mol. The average molecular weight is 418 g/mol. The minimum atomic E-state index is -0.278. The standard InChI is InChI=1S/C15H12Br2ClNO/c16-11-3-1-10(2-4-11)9-14(17)15(20)19-13-7-5-12(18)6-8-13/h1-8,14H,9H2,(H,19,20)/t14-/m0/s1. The molecule has 2 aromatic rings. The highest BCUT2D eigenvalue weighted by molar-refractivity contribution is 9.10. The number of halogens is 3. The molecule has 5 heteroatoms. The first kappa shape index (κ1) is 15.5. The van der Waals surface area contributed by atoms with Crippen LogP contribution in [0, 0.1) is 0 Å². The predicted octanol–water partition coefficient (Wildman–Crippen LogP) is 5.05. The molecule has 0 aromatic heterocycles. The Morgan fingerprint density at radius 2 is 1.70 bits per heavy atom. The predicted molar refractivity (Wildman–Crippen MR) is 90.6 cm³/mol. The van der Waals surface area contributed by atoms with Crippen molar-refractivity contribution in [1.82, 2.24) is 0 Å². The molecule has 104 valence electrons. The second-order valence-electron chi connectivity index (χ2n) is 4.29. The molecule has 0 bridgehead atoms. The fraction of sp³-hybridized carbons (Fsp3) is 0.133. The number of nitrogens with one attached hydrogen (secondary N) is 1. The van der Waals surface area contributed by atoms with E-state index in [1.54, 1.807) is 24.3 Å². The van der Waals surface area contributed by atoms with Crippen molar-refractivity contribution in [2.24, 2.45) is 0 Å². The molecule has 0 unspecified atom stereocenters. The maximum atomic E-state index is 12.1. The number of carbonyl (C=O) groups excluding carboxylic acids is 1. The van der Waals surface area contributed by atoms with Gasteiger partial charge in [0.2, 0.25) is 5.91 Å². The lowest BCUT2D eigenvalue weighted by molar-refractivity contribution is -0.115. The Morgan fingerprint density at radius 3 is 2.30 bits per heavy atom. The summed E-state index contributed by atoms with van der Waals surface area (Å²) >= 11 is 12.6. The Labute approximate surface area is 139 Å². The van der Waals surface area contributed by atoms with E-state index in [0.29, 0.717) is 11.4 Å². The van der Waals surface area contributed by atoms with Crippen LogP contribution in [0.4, 0.5) is 5.69 Å². The van der Waals surface area contributed by atoms with Crippen LogP contribution < -0.4 is 5.32 Å². The highest BCUT2D eigenvalue weighted by Crippen LogP contribution is 2.17. The largest absolute Gasteiger partial charge is 0.325 e. The third kappa shape index (κ3) is 4.62. The van der Waals surface area contributed by atoms with Crippen molar-refractivity contribution in [3.63, 3.8) is 0 Å². The highest BCUT2D eigenvalue weighted by Gasteiger charge is 2.15. The molecule has 0 aliphatic carbocycles. The zero-order chi connectivity index (χ0) is 14.5. The van der Waals surface area contributed by atoms with Crippen LogP contribution in [-0.2, 0) is 11.2 Å². The van der Waals surface area contributed by atoms with E-state index >= 15 is 0 Å². The van der Waals surface area contributed by atoms with Gasteiger partial charge < -0.3 is 5.32 Å². The Balaban J connectivity index is 1.94. The lowest BCUT2D eigenvalue weighted by Gasteiger charge is -2.11. The Morgan fingerprint density at radius 1 is 1.10 bits per heavy atom. The van der Waals surface area contributed by atoms with E-state index in [9.17, 15) is 4.79 Å². The number of rotatable bonds is 4. The van der Waals surface area contributed by atoms with Crippen LogP contribution in [0.5, 0.6) is 0 Å². The SMILES string of the molecule is O=C(Nc1ccc(Cl)cc1)[C@@H](Br)Cc1ccc(Br)cc1. The van der Waals surface area contributed by atoms with Gasteiger partial charge in [-0.2, -0.15) is 0 Å². The second-order valence-corrected chi connectivity index (χ2v) is 6.75. The van der Waals surface area contributed by atoms with Gasteiger partial charge in [0.25, 0.3) is 0 Å². The van der Waals surface area contributed by atoms with Crippen LogP contribution in [0.25, 0.3) is 0 Å². The minimum absolute atomic E-state index is 0.0739. The molecule has 1 amide bonds. The van der Waals surface area contributed by atoms with E-state index in [1.165, 1.54) is 0 Å². The summed E-state index contributed by atoms with van der Waals surface area (Å²) in [5, 5.41) is 3.49. The van der Waals surface area contributed by atoms with Gasteiger partial charge in [-0.3, -0.25) is 4.79 Å². The lowest BCUT2D eigenvalue weighted by Crippen LogP contribution is -2.24. The van der Waals surface area contributed by atoms with Gasteiger partial charge in [-0.15, -0.1) is 0 Å². The second kappa shape index (κ2) is 7.25. The summed E-state index contributed by atoms with van der Waals surface area (Å²) in [6.45, 7) is 0. The van der Waals surface area contributed by atoms with Crippen LogP contribution >= 0.6 is 43.5 Å².